The highest BCUT2D eigenvalue weighted by Crippen LogP contribution is 2.39. The Morgan fingerprint density at radius 1 is 1.26 bits per heavy atom. The Hall–Kier alpha value is -2.50. The van der Waals surface area contributed by atoms with Crippen molar-refractivity contribution in [1.29, 1.82) is 0 Å². The first-order valence-corrected chi connectivity index (χ1v) is 6.19. The Morgan fingerprint density at radius 2 is 2.21 bits per heavy atom. The van der Waals surface area contributed by atoms with E-state index in [1.807, 2.05) is 22.9 Å². The summed E-state index contributed by atoms with van der Waals surface area (Å²) in [5.74, 6) is 2.53. The molecule has 0 atom stereocenters. The molecule has 0 radical (unpaired) electrons. The third kappa shape index (κ3) is 1.81. The van der Waals surface area contributed by atoms with E-state index in [9.17, 15) is 0 Å². The van der Waals surface area contributed by atoms with E-state index < -0.39 is 0 Å². The molecule has 1 aliphatic rings. The van der Waals surface area contributed by atoms with E-state index >= 15 is 0 Å². The van der Waals surface area contributed by atoms with Gasteiger partial charge in [0.05, 0.1) is 5.56 Å². The van der Waals surface area contributed by atoms with Crippen molar-refractivity contribution in [2.75, 3.05) is 0 Å². The minimum absolute atomic E-state index is 0.478. The molecule has 0 unspecified atom stereocenters. The van der Waals surface area contributed by atoms with Crippen LogP contribution in [-0.4, -0.2) is 24.7 Å². The highest BCUT2D eigenvalue weighted by atomic mass is 16.5. The summed E-state index contributed by atoms with van der Waals surface area (Å²) < 4.78 is 7.19. The Kier molecular flexibility index (Phi) is 2.20. The van der Waals surface area contributed by atoms with Gasteiger partial charge >= 0.3 is 0 Å². The van der Waals surface area contributed by atoms with Gasteiger partial charge in [0.1, 0.15) is 6.33 Å². The first-order chi connectivity index (χ1) is 9.42. The number of pyridine rings is 1. The molecule has 0 saturated heterocycles. The molecule has 3 aromatic rings. The van der Waals surface area contributed by atoms with Crippen LogP contribution in [0.5, 0.6) is 0 Å². The Labute approximate surface area is 109 Å². The smallest absolute Gasteiger partial charge is 0.261 e. The summed E-state index contributed by atoms with van der Waals surface area (Å²) in [5.41, 5.74) is 0.819. The van der Waals surface area contributed by atoms with Crippen LogP contribution in [0, 0.1) is 0 Å². The molecule has 0 aliphatic heterocycles. The average Bonchev–Trinajstić information content (AvgIpc) is 2.97. The van der Waals surface area contributed by atoms with Crippen molar-refractivity contribution in [3.8, 4) is 17.3 Å². The van der Waals surface area contributed by atoms with Crippen molar-refractivity contribution in [3.05, 3.63) is 42.9 Å². The maximum absolute atomic E-state index is 5.36. The standard InChI is InChI=1S/C13H11N5O/c1-2-10(12(15-5-1)18-7-6-14-8-18)13-16-11(17-19-13)9-3-4-9/h1-2,5-9H,3-4H2. The van der Waals surface area contributed by atoms with Crippen molar-refractivity contribution in [3.63, 3.8) is 0 Å². The normalized spacial score (nSPS) is 14.7. The lowest BCUT2D eigenvalue weighted by molar-refractivity contribution is 0.422. The van der Waals surface area contributed by atoms with Gasteiger partial charge in [0.15, 0.2) is 11.6 Å². The first kappa shape index (κ1) is 10.4. The van der Waals surface area contributed by atoms with Gasteiger partial charge in [0.2, 0.25) is 0 Å². The van der Waals surface area contributed by atoms with E-state index in [2.05, 4.69) is 20.1 Å². The molecule has 6 heteroatoms. The van der Waals surface area contributed by atoms with E-state index in [1.54, 1.807) is 18.7 Å². The minimum Gasteiger partial charge on any atom is -0.334 e. The van der Waals surface area contributed by atoms with Crippen LogP contribution in [0.1, 0.15) is 24.6 Å². The number of hydrogen-bond donors (Lipinski definition) is 0. The van der Waals surface area contributed by atoms with Crippen molar-refractivity contribution in [1.82, 2.24) is 24.7 Å². The maximum atomic E-state index is 5.36. The van der Waals surface area contributed by atoms with E-state index in [0.717, 1.165) is 30.0 Å². The molecule has 0 N–H and O–H groups in total. The number of hydrogen-bond acceptors (Lipinski definition) is 5. The van der Waals surface area contributed by atoms with Gasteiger partial charge in [-0.25, -0.2) is 9.97 Å². The molecule has 94 valence electrons. The number of nitrogens with zero attached hydrogens (tertiary/aromatic N) is 5. The largest absolute Gasteiger partial charge is 0.334 e. The zero-order chi connectivity index (χ0) is 12.7. The minimum atomic E-state index is 0.478. The van der Waals surface area contributed by atoms with Crippen LogP contribution in [0.25, 0.3) is 17.3 Å². The molecule has 1 saturated carbocycles. The number of rotatable bonds is 3. The molecule has 0 bridgehead atoms. The Bertz CT molecular complexity index is 699. The van der Waals surface area contributed by atoms with Gasteiger partial charge < -0.3 is 4.52 Å². The molecule has 1 aliphatic carbocycles. The van der Waals surface area contributed by atoms with E-state index in [4.69, 9.17) is 4.52 Å². The molecular weight excluding hydrogens is 242 g/mol. The van der Waals surface area contributed by atoms with Gasteiger partial charge in [-0.05, 0) is 25.0 Å². The van der Waals surface area contributed by atoms with Crippen molar-refractivity contribution >= 4 is 0 Å². The van der Waals surface area contributed by atoms with Gasteiger partial charge in [-0.1, -0.05) is 5.16 Å². The SMILES string of the molecule is c1cnc(-n2ccnc2)c(-c2nc(C3CC3)no2)c1. The average molecular weight is 253 g/mol. The molecule has 0 aromatic carbocycles. The second-order valence-corrected chi connectivity index (χ2v) is 4.58. The Balaban J connectivity index is 1.81. The summed E-state index contributed by atoms with van der Waals surface area (Å²) in [5, 5.41) is 4.04. The van der Waals surface area contributed by atoms with Crippen LogP contribution < -0.4 is 0 Å². The molecule has 3 aromatic heterocycles. The van der Waals surface area contributed by atoms with Crippen molar-refractivity contribution in [2.45, 2.75) is 18.8 Å². The van der Waals surface area contributed by atoms with Crippen LogP contribution in [-0.2, 0) is 0 Å². The highest BCUT2D eigenvalue weighted by molar-refractivity contribution is 5.62. The summed E-state index contributed by atoms with van der Waals surface area (Å²) in [6.07, 6.45) is 9.29. The van der Waals surface area contributed by atoms with Crippen molar-refractivity contribution < 1.29 is 4.52 Å². The Morgan fingerprint density at radius 3 is 3.00 bits per heavy atom. The van der Waals surface area contributed by atoms with E-state index in [-0.39, 0.29) is 0 Å². The summed E-state index contributed by atoms with van der Waals surface area (Å²) in [6, 6.07) is 3.78. The second-order valence-electron chi connectivity index (χ2n) is 4.58. The summed E-state index contributed by atoms with van der Waals surface area (Å²) in [6.45, 7) is 0. The molecule has 6 nitrogen and oxygen atoms in total. The molecule has 1 fully saturated rings. The predicted octanol–water partition coefficient (Wildman–Crippen LogP) is 2.19. The zero-order valence-electron chi connectivity index (χ0n) is 10.1. The van der Waals surface area contributed by atoms with Crippen LogP contribution in [0.2, 0.25) is 0 Å². The number of imidazole rings is 1. The lowest BCUT2D eigenvalue weighted by atomic mass is 10.2. The third-order valence-corrected chi connectivity index (χ3v) is 3.15. The van der Waals surface area contributed by atoms with E-state index in [0.29, 0.717) is 11.8 Å². The van der Waals surface area contributed by atoms with Gasteiger partial charge in [-0.2, -0.15) is 4.98 Å². The third-order valence-electron chi connectivity index (χ3n) is 3.15. The topological polar surface area (TPSA) is 69.6 Å². The summed E-state index contributed by atoms with van der Waals surface area (Å²) in [4.78, 5) is 12.9. The van der Waals surface area contributed by atoms with Crippen LogP contribution in [0.15, 0.2) is 41.6 Å². The second kappa shape index (κ2) is 4.01. The lowest BCUT2D eigenvalue weighted by Crippen LogP contribution is -1.97. The highest BCUT2D eigenvalue weighted by Gasteiger charge is 2.29. The molecule has 4 rings (SSSR count). The van der Waals surface area contributed by atoms with Gasteiger partial charge in [-0.15, -0.1) is 0 Å². The van der Waals surface area contributed by atoms with Gasteiger partial charge in [-0.3, -0.25) is 4.57 Å². The number of aromatic nitrogens is 5. The molecule has 19 heavy (non-hydrogen) atoms. The summed E-state index contributed by atoms with van der Waals surface area (Å²) in [7, 11) is 0. The maximum Gasteiger partial charge on any atom is 0.261 e. The monoisotopic (exact) mass is 253 g/mol. The van der Waals surface area contributed by atoms with Gasteiger partial charge in [0.25, 0.3) is 5.89 Å². The van der Waals surface area contributed by atoms with Crippen LogP contribution >= 0.6 is 0 Å². The molecule has 0 spiro atoms. The van der Waals surface area contributed by atoms with Crippen molar-refractivity contribution in [2.24, 2.45) is 0 Å². The molecule has 0 amide bonds. The van der Waals surface area contributed by atoms with E-state index in [1.165, 1.54) is 0 Å². The molecular formula is C13H11N5O. The van der Waals surface area contributed by atoms with Crippen LogP contribution in [0.3, 0.4) is 0 Å². The lowest BCUT2D eigenvalue weighted by Gasteiger charge is -2.04. The fourth-order valence-corrected chi connectivity index (χ4v) is 2.01. The van der Waals surface area contributed by atoms with Gasteiger partial charge in [0, 0.05) is 24.5 Å². The van der Waals surface area contributed by atoms with Crippen LogP contribution in [0.4, 0.5) is 0 Å². The fourth-order valence-electron chi connectivity index (χ4n) is 2.01. The summed E-state index contributed by atoms with van der Waals surface area (Å²) >= 11 is 0. The molecule has 3 heterocycles. The fraction of sp³-hybridized carbons (Fsp3) is 0.231. The predicted molar refractivity (Wildman–Crippen MR) is 66.6 cm³/mol. The first-order valence-electron chi connectivity index (χ1n) is 6.19. The quantitative estimate of drug-likeness (QED) is 0.715. The zero-order valence-corrected chi connectivity index (χ0v) is 10.1.